The number of anilines is 1. The molecule has 6 heterocycles. The Balaban J connectivity index is 1.08. The molecular formula is C30H34F2N6O. The van der Waals surface area contributed by atoms with Crippen LogP contribution >= 0.6 is 0 Å². The van der Waals surface area contributed by atoms with Gasteiger partial charge in [0.05, 0.1) is 29.5 Å². The van der Waals surface area contributed by atoms with Gasteiger partial charge in [-0.3, -0.25) is 14.7 Å². The molecule has 0 atom stereocenters. The lowest BCUT2D eigenvalue weighted by Crippen LogP contribution is -2.66. The van der Waals surface area contributed by atoms with E-state index in [1.165, 1.54) is 18.4 Å². The molecule has 3 fully saturated rings. The Labute approximate surface area is 226 Å². The summed E-state index contributed by atoms with van der Waals surface area (Å²) < 4.78 is 30.6. The average Bonchev–Trinajstić information content (AvgIpc) is 3.25. The molecule has 2 aliphatic heterocycles. The van der Waals surface area contributed by atoms with Gasteiger partial charge in [-0.15, -0.1) is 0 Å². The quantitative estimate of drug-likeness (QED) is 0.364. The number of alkyl halides is 2. The number of piperidine rings is 1. The van der Waals surface area contributed by atoms with Gasteiger partial charge >= 0.3 is 0 Å². The first-order valence-electron chi connectivity index (χ1n) is 13.9. The summed E-state index contributed by atoms with van der Waals surface area (Å²) in [4.78, 5) is 27.1. The number of hydrogen-bond donors (Lipinski definition) is 0. The summed E-state index contributed by atoms with van der Waals surface area (Å²) in [6, 6.07) is 6.12. The maximum absolute atomic E-state index is 13.4. The van der Waals surface area contributed by atoms with Crippen molar-refractivity contribution in [2.75, 3.05) is 31.1 Å². The first kappa shape index (κ1) is 24.7. The summed E-state index contributed by atoms with van der Waals surface area (Å²) in [6.45, 7) is 9.41. The lowest BCUT2D eigenvalue weighted by atomic mass is 9.61. The van der Waals surface area contributed by atoms with Gasteiger partial charge < -0.3 is 13.9 Å². The van der Waals surface area contributed by atoms with E-state index >= 15 is 0 Å². The zero-order chi connectivity index (χ0) is 27.0. The zero-order valence-electron chi connectivity index (χ0n) is 22.5. The largest absolute Gasteiger partial charge is 0.369 e. The molecule has 4 aromatic heterocycles. The van der Waals surface area contributed by atoms with Crippen molar-refractivity contribution in [3.8, 4) is 0 Å². The lowest BCUT2D eigenvalue weighted by molar-refractivity contribution is -0.170. The van der Waals surface area contributed by atoms with E-state index in [9.17, 15) is 13.6 Å². The minimum absolute atomic E-state index is 0.0430. The second-order valence-electron chi connectivity index (χ2n) is 12.9. The van der Waals surface area contributed by atoms with Crippen LogP contribution in [0.5, 0.6) is 0 Å². The van der Waals surface area contributed by atoms with Crippen LogP contribution in [0.15, 0.2) is 54.0 Å². The van der Waals surface area contributed by atoms with Gasteiger partial charge in [0.2, 0.25) is 5.92 Å². The van der Waals surface area contributed by atoms with Gasteiger partial charge in [0.15, 0.2) is 0 Å². The molecular weight excluding hydrogens is 498 g/mol. The Morgan fingerprint density at radius 1 is 0.949 bits per heavy atom. The van der Waals surface area contributed by atoms with Crippen LogP contribution in [-0.2, 0) is 13.1 Å². The van der Waals surface area contributed by atoms with E-state index in [0.29, 0.717) is 30.4 Å². The molecule has 0 aromatic carbocycles. The fraction of sp³-hybridized carbons (Fsp3) is 0.500. The molecule has 1 spiro atoms. The summed E-state index contributed by atoms with van der Waals surface area (Å²) in [6.07, 6.45) is 11.6. The summed E-state index contributed by atoms with van der Waals surface area (Å²) >= 11 is 0. The molecule has 2 saturated heterocycles. The van der Waals surface area contributed by atoms with Crippen molar-refractivity contribution in [1.29, 1.82) is 0 Å². The highest BCUT2D eigenvalue weighted by atomic mass is 19.3. The average molecular weight is 533 g/mol. The minimum Gasteiger partial charge on any atom is -0.369 e. The van der Waals surface area contributed by atoms with Crippen LogP contribution in [0.2, 0.25) is 0 Å². The molecule has 7 nitrogen and oxygen atoms in total. The molecule has 9 heteroatoms. The number of aromatic nitrogens is 4. The predicted molar refractivity (Wildman–Crippen MR) is 147 cm³/mol. The third-order valence-electron chi connectivity index (χ3n) is 9.05. The van der Waals surface area contributed by atoms with Crippen molar-refractivity contribution in [3.05, 3.63) is 70.8 Å². The van der Waals surface area contributed by atoms with Crippen LogP contribution < -0.4 is 10.5 Å². The molecule has 7 rings (SSSR count). The highest BCUT2D eigenvalue weighted by Gasteiger charge is 2.61. The van der Waals surface area contributed by atoms with E-state index in [2.05, 4.69) is 40.9 Å². The van der Waals surface area contributed by atoms with Crippen LogP contribution in [0, 0.1) is 10.8 Å². The molecule has 0 bridgehead atoms. The first-order chi connectivity index (χ1) is 18.6. The van der Waals surface area contributed by atoms with Crippen molar-refractivity contribution in [3.63, 3.8) is 0 Å². The van der Waals surface area contributed by atoms with E-state index < -0.39 is 5.92 Å². The van der Waals surface area contributed by atoms with Crippen molar-refractivity contribution < 1.29 is 8.78 Å². The molecule has 1 saturated carbocycles. The topological polar surface area (TPSA) is 58.7 Å². The third-order valence-corrected chi connectivity index (χ3v) is 9.05. The fourth-order valence-electron chi connectivity index (χ4n) is 6.78. The van der Waals surface area contributed by atoms with Gasteiger partial charge in [-0.1, -0.05) is 19.9 Å². The molecule has 0 N–H and O–H groups in total. The minimum atomic E-state index is -2.53. The van der Waals surface area contributed by atoms with Crippen molar-refractivity contribution in [2.45, 2.75) is 58.5 Å². The number of hydrogen-bond acceptors (Lipinski definition) is 5. The summed E-state index contributed by atoms with van der Waals surface area (Å²) in [5.41, 5.74) is 3.80. The summed E-state index contributed by atoms with van der Waals surface area (Å²) in [5, 5.41) is 1.35. The first-order valence-corrected chi connectivity index (χ1v) is 13.9. The SMILES string of the molecule is CC1(C)CCN(Cc2ccc3nc(Cn4ccc5c(N6CC7(C6)CC(F)(F)C7)cncc5c4=O)cn3c2)CC1. The molecule has 3 aliphatic rings. The fourth-order valence-corrected chi connectivity index (χ4v) is 6.78. The Morgan fingerprint density at radius 3 is 2.46 bits per heavy atom. The van der Waals surface area contributed by atoms with Crippen LogP contribution in [0.3, 0.4) is 0 Å². The molecule has 0 amide bonds. The maximum atomic E-state index is 13.4. The molecule has 4 aromatic rings. The molecule has 204 valence electrons. The van der Waals surface area contributed by atoms with Gasteiger partial charge in [0, 0.05) is 68.1 Å². The highest BCUT2D eigenvalue weighted by Crippen LogP contribution is 2.57. The zero-order valence-corrected chi connectivity index (χ0v) is 22.5. The van der Waals surface area contributed by atoms with Gasteiger partial charge in [-0.25, -0.2) is 13.8 Å². The Morgan fingerprint density at radius 2 is 1.72 bits per heavy atom. The molecule has 1 aliphatic carbocycles. The Bertz CT molecular complexity index is 1610. The monoisotopic (exact) mass is 532 g/mol. The van der Waals surface area contributed by atoms with Gasteiger partial charge in [-0.2, -0.15) is 0 Å². The lowest BCUT2D eigenvalue weighted by Gasteiger charge is -2.59. The maximum Gasteiger partial charge on any atom is 0.260 e. The third kappa shape index (κ3) is 4.50. The Hall–Kier alpha value is -3.33. The number of fused-ring (bicyclic) bond motifs is 2. The van der Waals surface area contributed by atoms with Crippen LogP contribution in [0.1, 0.15) is 50.8 Å². The second kappa shape index (κ2) is 8.58. The normalized spacial score (nSPS) is 21.8. The molecule has 39 heavy (non-hydrogen) atoms. The molecule has 0 radical (unpaired) electrons. The number of likely N-dealkylation sites (tertiary alicyclic amines) is 1. The Kier molecular flexibility index (Phi) is 5.43. The summed E-state index contributed by atoms with van der Waals surface area (Å²) in [7, 11) is 0. The van der Waals surface area contributed by atoms with E-state index in [4.69, 9.17) is 4.98 Å². The smallest absolute Gasteiger partial charge is 0.260 e. The van der Waals surface area contributed by atoms with Crippen LogP contribution in [0.4, 0.5) is 14.5 Å². The number of pyridine rings is 3. The number of rotatable bonds is 5. The van der Waals surface area contributed by atoms with Crippen LogP contribution in [0.25, 0.3) is 16.4 Å². The number of halogens is 2. The highest BCUT2D eigenvalue weighted by molar-refractivity contribution is 5.93. The van der Waals surface area contributed by atoms with E-state index in [1.54, 1.807) is 23.2 Å². The number of nitrogens with zero attached hydrogens (tertiary/aromatic N) is 6. The van der Waals surface area contributed by atoms with E-state index in [1.807, 2.05) is 22.7 Å². The number of imidazole rings is 1. The van der Waals surface area contributed by atoms with Gasteiger partial charge in [0.1, 0.15) is 5.65 Å². The van der Waals surface area contributed by atoms with Crippen molar-refractivity contribution in [2.24, 2.45) is 10.8 Å². The van der Waals surface area contributed by atoms with Crippen molar-refractivity contribution in [1.82, 2.24) is 23.8 Å². The van der Waals surface area contributed by atoms with Crippen molar-refractivity contribution >= 4 is 22.1 Å². The molecule has 0 unspecified atom stereocenters. The summed E-state index contributed by atoms with van der Waals surface area (Å²) in [5.74, 6) is -2.53. The standard InChI is InChI=1S/C30H34F2N6O/c1-28(2)6-9-35(10-7-28)13-21-3-4-26-34-22(16-37(26)14-21)15-36-8-5-23-24(27(36)39)11-33-12-25(23)38-19-29(20-38)17-30(31,32)18-29/h3-5,8,11-12,14,16H,6-7,9-10,13,15,17-20H2,1-2H3. The van der Waals surface area contributed by atoms with Gasteiger partial charge in [0.25, 0.3) is 5.56 Å². The van der Waals surface area contributed by atoms with Gasteiger partial charge in [-0.05, 0) is 49.0 Å². The van der Waals surface area contributed by atoms with E-state index in [0.717, 1.165) is 42.0 Å². The predicted octanol–water partition coefficient (Wildman–Crippen LogP) is 4.95. The van der Waals surface area contributed by atoms with E-state index in [-0.39, 0.29) is 23.8 Å². The van der Waals surface area contributed by atoms with Crippen LogP contribution in [-0.4, -0.2) is 55.9 Å². The second-order valence-corrected chi connectivity index (χ2v) is 12.9.